The minimum Gasteiger partial charge on any atom is -0.338 e. The van der Waals surface area contributed by atoms with Gasteiger partial charge in [-0.3, -0.25) is 4.79 Å². The molecule has 19 heavy (non-hydrogen) atoms. The third kappa shape index (κ3) is 2.49. The van der Waals surface area contributed by atoms with Crippen LogP contribution in [0.5, 0.6) is 0 Å². The Morgan fingerprint density at radius 1 is 1.37 bits per heavy atom. The van der Waals surface area contributed by atoms with Crippen molar-refractivity contribution in [1.29, 1.82) is 0 Å². The Morgan fingerprint density at radius 3 is 2.95 bits per heavy atom. The lowest BCUT2D eigenvalue weighted by molar-refractivity contribution is 0.0642. The van der Waals surface area contributed by atoms with Crippen LogP contribution in [0.2, 0.25) is 5.02 Å². The molecule has 4 heteroatoms. The standard InChI is InChI=1S/C15H19ClN2O/c1-10-2-3-11(6-14(10)16)15(19)18-5-4-12-7-17-8-13(12)9-18/h2-3,6,12-13,17H,4-5,7-9H2,1H3. The number of fused-ring (bicyclic) bond motifs is 1. The van der Waals surface area contributed by atoms with Gasteiger partial charge in [-0.15, -0.1) is 0 Å². The summed E-state index contributed by atoms with van der Waals surface area (Å²) in [5.41, 5.74) is 1.72. The molecule has 0 aromatic heterocycles. The topological polar surface area (TPSA) is 32.3 Å². The summed E-state index contributed by atoms with van der Waals surface area (Å²) in [7, 11) is 0. The van der Waals surface area contributed by atoms with Gasteiger partial charge >= 0.3 is 0 Å². The Kier molecular flexibility index (Phi) is 3.50. The molecule has 0 saturated carbocycles. The van der Waals surface area contributed by atoms with E-state index in [0.717, 1.165) is 44.1 Å². The Labute approximate surface area is 118 Å². The minimum atomic E-state index is 0.118. The van der Waals surface area contributed by atoms with Crippen LogP contribution in [0.4, 0.5) is 0 Å². The molecule has 0 aliphatic carbocycles. The SMILES string of the molecule is Cc1ccc(C(=O)N2CCC3CNCC3C2)cc1Cl. The van der Waals surface area contributed by atoms with Crippen LogP contribution in [0.1, 0.15) is 22.3 Å². The molecule has 1 N–H and O–H groups in total. The Hall–Kier alpha value is -1.06. The molecule has 0 radical (unpaired) electrons. The largest absolute Gasteiger partial charge is 0.338 e. The highest BCUT2D eigenvalue weighted by Gasteiger charge is 2.34. The van der Waals surface area contributed by atoms with Crippen molar-refractivity contribution in [2.45, 2.75) is 13.3 Å². The molecule has 2 fully saturated rings. The fraction of sp³-hybridized carbons (Fsp3) is 0.533. The molecule has 0 spiro atoms. The molecule has 1 amide bonds. The average molecular weight is 279 g/mol. The number of aryl methyl sites for hydroxylation is 1. The maximum atomic E-state index is 12.5. The number of piperidine rings is 1. The maximum Gasteiger partial charge on any atom is 0.253 e. The minimum absolute atomic E-state index is 0.118. The fourth-order valence-corrected chi connectivity index (χ4v) is 3.31. The van der Waals surface area contributed by atoms with Gasteiger partial charge in [0.15, 0.2) is 0 Å². The summed E-state index contributed by atoms with van der Waals surface area (Å²) in [5.74, 6) is 1.50. The second kappa shape index (κ2) is 5.14. The van der Waals surface area contributed by atoms with Crippen LogP contribution >= 0.6 is 11.6 Å². The Bertz CT molecular complexity index is 503. The summed E-state index contributed by atoms with van der Waals surface area (Å²) < 4.78 is 0. The van der Waals surface area contributed by atoms with E-state index in [1.165, 1.54) is 0 Å². The number of nitrogens with zero attached hydrogens (tertiary/aromatic N) is 1. The van der Waals surface area contributed by atoms with E-state index >= 15 is 0 Å². The number of carbonyl (C=O) groups excluding carboxylic acids is 1. The second-order valence-corrected chi connectivity index (χ2v) is 6.09. The van der Waals surface area contributed by atoms with Gasteiger partial charge < -0.3 is 10.2 Å². The van der Waals surface area contributed by atoms with Gasteiger partial charge in [0.25, 0.3) is 5.91 Å². The van der Waals surface area contributed by atoms with Crippen LogP contribution in [-0.2, 0) is 0 Å². The molecule has 1 aromatic carbocycles. The van der Waals surface area contributed by atoms with Crippen molar-refractivity contribution in [2.24, 2.45) is 11.8 Å². The van der Waals surface area contributed by atoms with E-state index in [4.69, 9.17) is 11.6 Å². The number of hydrogen-bond donors (Lipinski definition) is 1. The Balaban J connectivity index is 1.74. The first-order chi connectivity index (χ1) is 9.15. The number of nitrogens with one attached hydrogen (secondary N) is 1. The molecule has 0 bridgehead atoms. The third-order valence-electron chi connectivity index (χ3n) is 4.41. The van der Waals surface area contributed by atoms with Crippen LogP contribution in [-0.4, -0.2) is 37.0 Å². The first-order valence-electron chi connectivity index (χ1n) is 6.91. The van der Waals surface area contributed by atoms with E-state index < -0.39 is 0 Å². The van der Waals surface area contributed by atoms with Crippen molar-refractivity contribution in [2.75, 3.05) is 26.2 Å². The molecule has 102 valence electrons. The smallest absolute Gasteiger partial charge is 0.253 e. The predicted octanol–water partition coefficient (Wildman–Crippen LogP) is 2.33. The zero-order valence-corrected chi connectivity index (χ0v) is 11.9. The first-order valence-corrected chi connectivity index (χ1v) is 7.29. The van der Waals surface area contributed by atoms with E-state index in [1.54, 1.807) is 6.07 Å². The fourth-order valence-electron chi connectivity index (χ4n) is 3.13. The lowest BCUT2D eigenvalue weighted by Crippen LogP contribution is -2.43. The van der Waals surface area contributed by atoms with Crippen molar-refractivity contribution < 1.29 is 4.79 Å². The summed E-state index contributed by atoms with van der Waals surface area (Å²) in [6.45, 7) is 5.85. The van der Waals surface area contributed by atoms with Crippen LogP contribution in [0, 0.1) is 18.8 Å². The van der Waals surface area contributed by atoms with Gasteiger partial charge in [-0.25, -0.2) is 0 Å². The van der Waals surface area contributed by atoms with Gasteiger partial charge in [0.1, 0.15) is 0 Å². The number of hydrogen-bond acceptors (Lipinski definition) is 2. The number of halogens is 1. The zero-order chi connectivity index (χ0) is 13.4. The van der Waals surface area contributed by atoms with E-state index in [-0.39, 0.29) is 5.91 Å². The van der Waals surface area contributed by atoms with Crippen molar-refractivity contribution in [3.63, 3.8) is 0 Å². The first kappa shape index (κ1) is 12.9. The number of carbonyl (C=O) groups is 1. The quantitative estimate of drug-likeness (QED) is 0.855. The van der Waals surface area contributed by atoms with Crippen molar-refractivity contribution in [3.8, 4) is 0 Å². The van der Waals surface area contributed by atoms with Gasteiger partial charge in [-0.2, -0.15) is 0 Å². The van der Waals surface area contributed by atoms with Crippen LogP contribution in [0.3, 0.4) is 0 Å². The molecule has 2 heterocycles. The summed E-state index contributed by atoms with van der Waals surface area (Å²) in [5, 5.41) is 4.09. The highest BCUT2D eigenvalue weighted by Crippen LogP contribution is 2.28. The Morgan fingerprint density at radius 2 is 2.16 bits per heavy atom. The summed E-state index contributed by atoms with van der Waals surface area (Å²) >= 11 is 6.11. The highest BCUT2D eigenvalue weighted by molar-refractivity contribution is 6.31. The molecule has 2 aliphatic heterocycles. The van der Waals surface area contributed by atoms with Gasteiger partial charge in [0.2, 0.25) is 0 Å². The van der Waals surface area contributed by atoms with E-state index in [1.807, 2.05) is 24.0 Å². The lowest BCUT2D eigenvalue weighted by Gasteiger charge is -2.34. The summed E-state index contributed by atoms with van der Waals surface area (Å²) in [6, 6.07) is 5.58. The molecule has 3 rings (SSSR count). The van der Waals surface area contributed by atoms with Crippen molar-refractivity contribution >= 4 is 17.5 Å². The monoisotopic (exact) mass is 278 g/mol. The molecular formula is C15H19ClN2O. The lowest BCUT2D eigenvalue weighted by atomic mass is 9.88. The summed E-state index contributed by atoms with van der Waals surface area (Å²) in [4.78, 5) is 14.5. The van der Waals surface area contributed by atoms with Gasteiger partial charge in [0, 0.05) is 23.7 Å². The molecule has 2 unspecified atom stereocenters. The average Bonchev–Trinajstić information content (AvgIpc) is 2.88. The molecular weight excluding hydrogens is 260 g/mol. The van der Waals surface area contributed by atoms with E-state index in [0.29, 0.717) is 16.5 Å². The van der Waals surface area contributed by atoms with E-state index in [2.05, 4.69) is 5.32 Å². The highest BCUT2D eigenvalue weighted by atomic mass is 35.5. The maximum absolute atomic E-state index is 12.5. The normalized spacial score (nSPS) is 26.3. The number of rotatable bonds is 1. The molecule has 2 atom stereocenters. The van der Waals surface area contributed by atoms with Crippen LogP contribution in [0.25, 0.3) is 0 Å². The number of likely N-dealkylation sites (tertiary alicyclic amines) is 1. The zero-order valence-electron chi connectivity index (χ0n) is 11.2. The predicted molar refractivity (Wildman–Crippen MR) is 76.6 cm³/mol. The number of amides is 1. The molecule has 1 aromatic rings. The molecule has 3 nitrogen and oxygen atoms in total. The van der Waals surface area contributed by atoms with Crippen LogP contribution < -0.4 is 5.32 Å². The molecule has 2 aliphatic rings. The second-order valence-electron chi connectivity index (χ2n) is 5.68. The third-order valence-corrected chi connectivity index (χ3v) is 4.82. The molecule has 2 saturated heterocycles. The van der Waals surface area contributed by atoms with Crippen molar-refractivity contribution in [1.82, 2.24) is 10.2 Å². The van der Waals surface area contributed by atoms with Gasteiger partial charge in [0.05, 0.1) is 0 Å². The van der Waals surface area contributed by atoms with Gasteiger partial charge in [-0.05, 0) is 56.0 Å². The van der Waals surface area contributed by atoms with E-state index in [9.17, 15) is 4.79 Å². The van der Waals surface area contributed by atoms with Gasteiger partial charge in [-0.1, -0.05) is 17.7 Å². The van der Waals surface area contributed by atoms with Crippen molar-refractivity contribution in [3.05, 3.63) is 34.3 Å². The number of benzene rings is 1. The summed E-state index contributed by atoms with van der Waals surface area (Å²) in [6.07, 6.45) is 1.11. The van der Waals surface area contributed by atoms with Crippen LogP contribution in [0.15, 0.2) is 18.2 Å².